The number of carbonyl (C=O) groups is 2. The molecule has 2 atom stereocenters. The van der Waals surface area contributed by atoms with Crippen molar-refractivity contribution in [1.29, 1.82) is 0 Å². The molecule has 2 aromatic rings. The van der Waals surface area contributed by atoms with E-state index in [9.17, 15) is 9.59 Å². The number of benzene rings is 1. The first kappa shape index (κ1) is 18.8. The van der Waals surface area contributed by atoms with Gasteiger partial charge in [0, 0.05) is 5.92 Å². The largest absolute Gasteiger partial charge is 0.493 e. The summed E-state index contributed by atoms with van der Waals surface area (Å²) in [6.07, 6.45) is 3.51. The zero-order valence-electron chi connectivity index (χ0n) is 15.6. The Balaban J connectivity index is 2.04. The Hall–Kier alpha value is -3.02. The molecule has 1 aliphatic carbocycles. The fraction of sp³-hybridized carbons (Fsp3) is 0.333. The van der Waals surface area contributed by atoms with Crippen LogP contribution in [0.2, 0.25) is 0 Å². The van der Waals surface area contributed by atoms with Gasteiger partial charge in [-0.15, -0.1) is 0 Å². The molecule has 1 heterocycles. The molecule has 0 amide bonds. The monoisotopic (exact) mass is 370 g/mol. The van der Waals surface area contributed by atoms with Gasteiger partial charge in [-0.05, 0) is 54.8 Å². The second-order valence-corrected chi connectivity index (χ2v) is 6.20. The van der Waals surface area contributed by atoms with Crippen molar-refractivity contribution in [3.05, 3.63) is 54.0 Å². The number of methoxy groups -OCH3 is 2. The van der Waals surface area contributed by atoms with E-state index in [0.29, 0.717) is 23.7 Å². The number of ether oxygens (including phenoxy) is 3. The van der Waals surface area contributed by atoms with Crippen molar-refractivity contribution in [2.45, 2.75) is 19.3 Å². The molecule has 6 heteroatoms. The summed E-state index contributed by atoms with van der Waals surface area (Å²) >= 11 is 0. The van der Waals surface area contributed by atoms with Gasteiger partial charge >= 0.3 is 5.97 Å². The van der Waals surface area contributed by atoms with E-state index in [4.69, 9.17) is 18.6 Å². The molecular formula is C21H22O6. The molecule has 1 aliphatic rings. The van der Waals surface area contributed by atoms with Crippen molar-refractivity contribution in [1.82, 2.24) is 0 Å². The molecule has 0 saturated heterocycles. The van der Waals surface area contributed by atoms with E-state index in [1.807, 2.05) is 6.07 Å². The first-order valence-electron chi connectivity index (χ1n) is 8.75. The van der Waals surface area contributed by atoms with Crippen molar-refractivity contribution in [3.8, 4) is 11.5 Å². The maximum Gasteiger partial charge on any atom is 0.317 e. The molecule has 0 saturated carbocycles. The Kier molecular flexibility index (Phi) is 5.64. The number of hydrogen-bond donors (Lipinski definition) is 0. The average molecular weight is 370 g/mol. The molecule has 1 aromatic heterocycles. The topological polar surface area (TPSA) is 75.0 Å². The average Bonchev–Trinajstić information content (AvgIpc) is 3.21. The summed E-state index contributed by atoms with van der Waals surface area (Å²) < 4.78 is 21.3. The molecule has 3 rings (SSSR count). The van der Waals surface area contributed by atoms with Crippen LogP contribution in [0.15, 0.2) is 47.1 Å². The number of ketones is 1. The highest BCUT2D eigenvalue weighted by Gasteiger charge is 2.40. The summed E-state index contributed by atoms with van der Waals surface area (Å²) in [5.41, 5.74) is 1.56. The molecular weight excluding hydrogens is 348 g/mol. The van der Waals surface area contributed by atoms with Gasteiger partial charge in [-0.25, -0.2) is 0 Å². The first-order chi connectivity index (χ1) is 13.1. The van der Waals surface area contributed by atoms with Gasteiger partial charge in [0.1, 0.15) is 11.7 Å². The Labute approximate surface area is 157 Å². The molecule has 0 N–H and O–H groups in total. The maximum atomic E-state index is 12.8. The van der Waals surface area contributed by atoms with Crippen molar-refractivity contribution >= 4 is 17.3 Å². The van der Waals surface area contributed by atoms with Crippen LogP contribution in [0.25, 0.3) is 5.57 Å². The molecule has 0 aliphatic heterocycles. The lowest BCUT2D eigenvalue weighted by Gasteiger charge is -2.29. The van der Waals surface area contributed by atoms with Crippen LogP contribution < -0.4 is 9.47 Å². The van der Waals surface area contributed by atoms with Gasteiger partial charge in [-0.1, -0.05) is 6.07 Å². The zero-order chi connectivity index (χ0) is 19.4. The van der Waals surface area contributed by atoms with Crippen molar-refractivity contribution in [2.75, 3.05) is 20.8 Å². The lowest BCUT2D eigenvalue weighted by molar-refractivity contribution is -0.151. The summed E-state index contributed by atoms with van der Waals surface area (Å²) in [5.74, 6) is -0.348. The summed E-state index contributed by atoms with van der Waals surface area (Å²) in [7, 11) is 3.10. The smallest absolute Gasteiger partial charge is 0.317 e. The molecule has 1 aromatic carbocycles. The molecule has 0 fully saturated rings. The first-order valence-corrected chi connectivity index (χ1v) is 8.75. The highest BCUT2D eigenvalue weighted by atomic mass is 16.5. The Morgan fingerprint density at radius 1 is 1.19 bits per heavy atom. The summed E-state index contributed by atoms with van der Waals surface area (Å²) in [6.45, 7) is 1.94. The number of esters is 1. The van der Waals surface area contributed by atoms with Crippen LogP contribution in [0.3, 0.4) is 0 Å². The van der Waals surface area contributed by atoms with E-state index in [0.717, 1.165) is 11.1 Å². The molecule has 0 bridgehead atoms. The van der Waals surface area contributed by atoms with Crippen LogP contribution in [0.4, 0.5) is 0 Å². The Bertz CT molecular complexity index is 850. The van der Waals surface area contributed by atoms with E-state index in [2.05, 4.69) is 0 Å². The Morgan fingerprint density at radius 2 is 1.96 bits per heavy atom. The third-order valence-electron chi connectivity index (χ3n) is 4.68. The molecule has 0 radical (unpaired) electrons. The zero-order valence-corrected chi connectivity index (χ0v) is 15.6. The molecule has 142 valence electrons. The van der Waals surface area contributed by atoms with Gasteiger partial charge in [0.15, 0.2) is 17.3 Å². The number of carbonyl (C=O) groups excluding carboxylic acids is 2. The molecule has 0 spiro atoms. The number of rotatable bonds is 6. The van der Waals surface area contributed by atoms with Crippen LogP contribution >= 0.6 is 0 Å². The predicted octanol–water partition coefficient (Wildman–Crippen LogP) is 3.62. The Morgan fingerprint density at radius 3 is 2.59 bits per heavy atom. The van der Waals surface area contributed by atoms with E-state index in [1.54, 1.807) is 51.7 Å². The predicted molar refractivity (Wildman–Crippen MR) is 98.7 cm³/mol. The standard InChI is InChI=1S/C21H22O6/c1-4-26-21(23)20-15(13-7-8-18(24-2)19(12-13)25-3)10-14(11-16(20)22)17-6-5-9-27-17/h5-9,11-12,15,20H,4,10H2,1-3H3. The van der Waals surface area contributed by atoms with Crippen LogP contribution in [-0.4, -0.2) is 32.6 Å². The van der Waals surface area contributed by atoms with Crippen LogP contribution in [0.5, 0.6) is 11.5 Å². The minimum atomic E-state index is -0.901. The van der Waals surface area contributed by atoms with Crippen molar-refractivity contribution in [2.24, 2.45) is 5.92 Å². The van der Waals surface area contributed by atoms with Crippen LogP contribution in [0.1, 0.15) is 30.6 Å². The highest BCUT2D eigenvalue weighted by molar-refractivity contribution is 6.10. The molecule has 27 heavy (non-hydrogen) atoms. The fourth-order valence-corrected chi connectivity index (χ4v) is 3.41. The number of hydrogen-bond acceptors (Lipinski definition) is 6. The second kappa shape index (κ2) is 8.12. The van der Waals surface area contributed by atoms with Crippen LogP contribution in [-0.2, 0) is 14.3 Å². The minimum absolute atomic E-state index is 0.218. The molecule has 2 unspecified atom stereocenters. The van der Waals surface area contributed by atoms with Crippen molar-refractivity contribution < 1.29 is 28.2 Å². The quantitative estimate of drug-likeness (QED) is 0.571. The van der Waals surface area contributed by atoms with E-state index in [1.165, 1.54) is 6.08 Å². The van der Waals surface area contributed by atoms with Crippen LogP contribution in [0, 0.1) is 5.92 Å². The molecule has 6 nitrogen and oxygen atoms in total. The van der Waals surface area contributed by atoms with Gasteiger partial charge in [0.25, 0.3) is 0 Å². The lowest BCUT2D eigenvalue weighted by Crippen LogP contribution is -2.34. The van der Waals surface area contributed by atoms with Gasteiger partial charge in [0.2, 0.25) is 0 Å². The number of furan rings is 1. The maximum absolute atomic E-state index is 12.8. The normalized spacial score (nSPS) is 19.4. The fourth-order valence-electron chi connectivity index (χ4n) is 3.41. The third-order valence-corrected chi connectivity index (χ3v) is 4.68. The van der Waals surface area contributed by atoms with Gasteiger partial charge < -0.3 is 18.6 Å². The van der Waals surface area contributed by atoms with Gasteiger partial charge in [0.05, 0.1) is 27.1 Å². The summed E-state index contributed by atoms with van der Waals surface area (Å²) in [6, 6.07) is 8.98. The van der Waals surface area contributed by atoms with Crippen molar-refractivity contribution in [3.63, 3.8) is 0 Å². The summed E-state index contributed by atoms with van der Waals surface area (Å²) in [5, 5.41) is 0. The summed E-state index contributed by atoms with van der Waals surface area (Å²) in [4.78, 5) is 25.3. The second-order valence-electron chi connectivity index (χ2n) is 6.20. The number of allylic oxidation sites excluding steroid dienone is 2. The van der Waals surface area contributed by atoms with E-state index in [-0.39, 0.29) is 18.3 Å². The SMILES string of the molecule is CCOC(=O)C1C(=O)C=C(c2ccco2)CC1c1ccc(OC)c(OC)c1. The van der Waals surface area contributed by atoms with Gasteiger partial charge in [-0.2, -0.15) is 0 Å². The van der Waals surface area contributed by atoms with Gasteiger partial charge in [-0.3, -0.25) is 9.59 Å². The minimum Gasteiger partial charge on any atom is -0.493 e. The van der Waals surface area contributed by atoms with E-state index < -0.39 is 11.9 Å². The lowest BCUT2D eigenvalue weighted by atomic mass is 9.74. The van der Waals surface area contributed by atoms with E-state index >= 15 is 0 Å². The third kappa shape index (κ3) is 3.74. The highest BCUT2D eigenvalue weighted by Crippen LogP contribution is 2.42.